The lowest BCUT2D eigenvalue weighted by molar-refractivity contribution is 0.862. The van der Waals surface area contributed by atoms with Gasteiger partial charge in [-0.3, -0.25) is 0 Å². The van der Waals surface area contributed by atoms with Crippen LogP contribution in [0.4, 0.5) is 11.6 Å². The number of hydrogen-bond acceptors (Lipinski definition) is 5. The molecule has 0 amide bonds. The average Bonchev–Trinajstić information content (AvgIpc) is 2.81. The Bertz CT molecular complexity index is 481. The third kappa shape index (κ3) is 2.94. The lowest BCUT2D eigenvalue weighted by atomic mass is 10.2. The molecule has 0 aliphatic carbocycles. The number of nitrogens with one attached hydrogen (secondary N) is 1. The summed E-state index contributed by atoms with van der Waals surface area (Å²) in [5.41, 5.74) is 7.00. The van der Waals surface area contributed by atoms with Gasteiger partial charge in [0.25, 0.3) is 0 Å². The van der Waals surface area contributed by atoms with Crippen molar-refractivity contribution in [2.45, 2.75) is 26.3 Å². The zero-order valence-electron chi connectivity index (χ0n) is 9.97. The second-order valence-electron chi connectivity index (χ2n) is 3.87. The van der Waals surface area contributed by atoms with Crippen molar-refractivity contribution in [3.8, 4) is 0 Å². The number of aromatic nitrogens is 2. The molecule has 5 heteroatoms. The van der Waals surface area contributed by atoms with Gasteiger partial charge in [-0.15, -0.1) is 0 Å². The van der Waals surface area contributed by atoms with Gasteiger partial charge in [0.05, 0.1) is 6.04 Å². The van der Waals surface area contributed by atoms with Gasteiger partial charge in [-0.2, -0.15) is 11.3 Å². The Morgan fingerprint density at radius 3 is 2.94 bits per heavy atom. The van der Waals surface area contributed by atoms with Crippen LogP contribution in [-0.4, -0.2) is 9.97 Å². The Kier molecular flexibility index (Phi) is 3.58. The van der Waals surface area contributed by atoms with Crippen molar-refractivity contribution in [1.82, 2.24) is 9.97 Å². The summed E-state index contributed by atoms with van der Waals surface area (Å²) < 4.78 is 0. The van der Waals surface area contributed by atoms with Crippen LogP contribution in [-0.2, 0) is 6.42 Å². The summed E-state index contributed by atoms with van der Waals surface area (Å²) in [5.74, 6) is 2.06. The normalized spacial score (nSPS) is 12.4. The molecule has 1 unspecified atom stereocenters. The molecular formula is C12H16N4S. The fourth-order valence-corrected chi connectivity index (χ4v) is 2.33. The number of hydrogen-bond donors (Lipinski definition) is 2. The molecule has 0 fully saturated rings. The molecule has 3 N–H and O–H groups in total. The molecule has 0 saturated carbocycles. The summed E-state index contributed by atoms with van der Waals surface area (Å²) in [4.78, 5) is 8.55. The first kappa shape index (κ1) is 11.9. The molecule has 2 rings (SSSR count). The number of anilines is 2. The molecular weight excluding hydrogens is 232 g/mol. The minimum absolute atomic E-state index is 0.222. The number of nitrogens with zero attached hydrogens (tertiary/aromatic N) is 2. The second-order valence-corrected chi connectivity index (χ2v) is 4.65. The SMILES string of the molecule is CCc1nc(N)cc(NC(C)c2ccsc2)n1. The van der Waals surface area contributed by atoms with E-state index in [9.17, 15) is 0 Å². The standard InChI is InChI=1S/C12H16N4S/c1-3-11-15-10(13)6-12(16-11)14-8(2)9-4-5-17-7-9/h4-8H,3H2,1-2H3,(H3,13,14,15,16). The first-order valence-corrected chi connectivity index (χ1v) is 6.55. The van der Waals surface area contributed by atoms with Gasteiger partial charge in [0, 0.05) is 12.5 Å². The van der Waals surface area contributed by atoms with E-state index in [1.807, 2.05) is 6.92 Å². The summed E-state index contributed by atoms with van der Waals surface area (Å²) in [5, 5.41) is 7.53. The maximum atomic E-state index is 5.74. The molecule has 0 bridgehead atoms. The van der Waals surface area contributed by atoms with Crippen LogP contribution in [0, 0.1) is 0 Å². The molecule has 0 aromatic carbocycles. The first-order chi connectivity index (χ1) is 8.19. The van der Waals surface area contributed by atoms with Crippen molar-refractivity contribution in [3.05, 3.63) is 34.3 Å². The number of nitrogens with two attached hydrogens (primary N) is 1. The monoisotopic (exact) mass is 248 g/mol. The zero-order valence-corrected chi connectivity index (χ0v) is 10.8. The molecule has 0 radical (unpaired) electrons. The molecule has 0 spiro atoms. The molecule has 2 heterocycles. The molecule has 2 aromatic heterocycles. The summed E-state index contributed by atoms with van der Waals surface area (Å²) in [6.07, 6.45) is 0.784. The molecule has 1 atom stereocenters. The van der Waals surface area contributed by atoms with E-state index in [4.69, 9.17) is 5.73 Å². The summed E-state index contributed by atoms with van der Waals surface area (Å²) in [6.45, 7) is 4.12. The molecule has 2 aromatic rings. The van der Waals surface area contributed by atoms with Crippen LogP contribution < -0.4 is 11.1 Å². The molecule has 17 heavy (non-hydrogen) atoms. The number of aryl methyl sites for hydroxylation is 1. The Hall–Kier alpha value is -1.62. The van der Waals surface area contributed by atoms with Gasteiger partial charge in [-0.05, 0) is 29.3 Å². The van der Waals surface area contributed by atoms with E-state index in [1.165, 1.54) is 5.56 Å². The van der Waals surface area contributed by atoms with Crippen molar-refractivity contribution in [2.24, 2.45) is 0 Å². The Morgan fingerprint density at radius 1 is 1.47 bits per heavy atom. The fourth-order valence-electron chi connectivity index (χ4n) is 1.58. The van der Waals surface area contributed by atoms with E-state index < -0.39 is 0 Å². The fraction of sp³-hybridized carbons (Fsp3) is 0.333. The van der Waals surface area contributed by atoms with Crippen molar-refractivity contribution in [3.63, 3.8) is 0 Å². The lowest BCUT2D eigenvalue weighted by Gasteiger charge is -2.14. The minimum Gasteiger partial charge on any atom is -0.384 e. The van der Waals surface area contributed by atoms with Crippen molar-refractivity contribution in [2.75, 3.05) is 11.1 Å². The second kappa shape index (κ2) is 5.14. The number of thiophene rings is 1. The third-order valence-electron chi connectivity index (χ3n) is 2.52. The molecule has 4 nitrogen and oxygen atoms in total. The molecule has 0 aliphatic heterocycles. The van der Waals surface area contributed by atoms with E-state index in [0.29, 0.717) is 5.82 Å². The predicted molar refractivity (Wildman–Crippen MR) is 72.2 cm³/mol. The average molecular weight is 248 g/mol. The van der Waals surface area contributed by atoms with Crippen molar-refractivity contribution in [1.29, 1.82) is 0 Å². The van der Waals surface area contributed by atoms with Crippen LogP contribution in [0.25, 0.3) is 0 Å². The molecule has 90 valence electrons. The van der Waals surface area contributed by atoms with Crippen LogP contribution in [0.3, 0.4) is 0 Å². The van der Waals surface area contributed by atoms with Crippen LogP contribution in [0.2, 0.25) is 0 Å². The van der Waals surface area contributed by atoms with E-state index in [1.54, 1.807) is 17.4 Å². The van der Waals surface area contributed by atoms with E-state index >= 15 is 0 Å². The van der Waals surface area contributed by atoms with Crippen LogP contribution in [0.5, 0.6) is 0 Å². The Labute approximate surface area is 105 Å². The summed E-state index contributed by atoms with van der Waals surface area (Å²) in [6, 6.07) is 4.09. The van der Waals surface area contributed by atoms with Crippen LogP contribution in [0.15, 0.2) is 22.9 Å². The topological polar surface area (TPSA) is 63.8 Å². The molecule has 0 saturated heterocycles. The third-order valence-corrected chi connectivity index (χ3v) is 3.22. The first-order valence-electron chi connectivity index (χ1n) is 5.61. The predicted octanol–water partition coefficient (Wildman–Crippen LogP) is 2.86. The van der Waals surface area contributed by atoms with Gasteiger partial charge >= 0.3 is 0 Å². The zero-order chi connectivity index (χ0) is 12.3. The van der Waals surface area contributed by atoms with Crippen molar-refractivity contribution < 1.29 is 0 Å². The van der Waals surface area contributed by atoms with Gasteiger partial charge in [0.2, 0.25) is 0 Å². The lowest BCUT2D eigenvalue weighted by Crippen LogP contribution is -2.09. The maximum absolute atomic E-state index is 5.74. The number of rotatable bonds is 4. The molecule has 0 aliphatic rings. The van der Waals surface area contributed by atoms with Gasteiger partial charge in [-0.1, -0.05) is 6.92 Å². The van der Waals surface area contributed by atoms with Crippen LogP contribution >= 0.6 is 11.3 Å². The quantitative estimate of drug-likeness (QED) is 0.873. The smallest absolute Gasteiger partial charge is 0.132 e. The highest BCUT2D eigenvalue weighted by Gasteiger charge is 2.07. The highest BCUT2D eigenvalue weighted by Crippen LogP contribution is 2.20. The Balaban J connectivity index is 2.15. The maximum Gasteiger partial charge on any atom is 0.132 e. The number of nitrogen functional groups attached to an aromatic ring is 1. The summed E-state index contributed by atoms with van der Waals surface area (Å²) in [7, 11) is 0. The van der Waals surface area contributed by atoms with E-state index in [0.717, 1.165) is 18.1 Å². The van der Waals surface area contributed by atoms with Gasteiger partial charge in [0.1, 0.15) is 17.5 Å². The van der Waals surface area contributed by atoms with Crippen molar-refractivity contribution >= 4 is 23.0 Å². The highest BCUT2D eigenvalue weighted by molar-refractivity contribution is 7.07. The highest BCUT2D eigenvalue weighted by atomic mass is 32.1. The van der Waals surface area contributed by atoms with Crippen LogP contribution in [0.1, 0.15) is 31.3 Å². The van der Waals surface area contributed by atoms with E-state index in [-0.39, 0.29) is 6.04 Å². The summed E-state index contributed by atoms with van der Waals surface area (Å²) >= 11 is 1.69. The van der Waals surface area contributed by atoms with Gasteiger partial charge in [0.15, 0.2) is 0 Å². The van der Waals surface area contributed by atoms with Gasteiger partial charge in [-0.25, -0.2) is 9.97 Å². The van der Waals surface area contributed by atoms with Gasteiger partial charge < -0.3 is 11.1 Å². The largest absolute Gasteiger partial charge is 0.384 e. The Morgan fingerprint density at radius 2 is 2.29 bits per heavy atom. The minimum atomic E-state index is 0.222. The van der Waals surface area contributed by atoms with E-state index in [2.05, 4.69) is 39.0 Å².